The summed E-state index contributed by atoms with van der Waals surface area (Å²) in [5.41, 5.74) is 2.02. The van der Waals surface area contributed by atoms with E-state index in [4.69, 9.17) is 0 Å². The number of amides is 1. The number of benzene rings is 1. The van der Waals surface area contributed by atoms with E-state index in [0.717, 1.165) is 37.2 Å². The number of aromatic nitrogens is 3. The fraction of sp³-hybridized carbons (Fsp3) is 0.471. The number of rotatable bonds is 5. The second-order valence-electron chi connectivity index (χ2n) is 6.09. The molecule has 0 saturated carbocycles. The van der Waals surface area contributed by atoms with Crippen molar-refractivity contribution < 1.29 is 9.18 Å². The van der Waals surface area contributed by atoms with Crippen LogP contribution in [-0.4, -0.2) is 40.5 Å². The van der Waals surface area contributed by atoms with Crippen molar-refractivity contribution in [2.75, 3.05) is 19.6 Å². The SMILES string of the molecule is Cc1c(C(=O)NCCc2cccc(F)c2)nnn1C1CCNCC1. The van der Waals surface area contributed by atoms with Crippen LogP contribution < -0.4 is 10.6 Å². The third-order valence-electron chi connectivity index (χ3n) is 4.39. The molecule has 0 spiro atoms. The number of nitrogens with one attached hydrogen (secondary N) is 2. The Kier molecular flexibility index (Phi) is 5.20. The van der Waals surface area contributed by atoms with Crippen molar-refractivity contribution in [3.05, 3.63) is 47.0 Å². The highest BCUT2D eigenvalue weighted by Crippen LogP contribution is 2.20. The van der Waals surface area contributed by atoms with Gasteiger partial charge in [-0.2, -0.15) is 0 Å². The number of carbonyl (C=O) groups is 1. The summed E-state index contributed by atoms with van der Waals surface area (Å²) >= 11 is 0. The fourth-order valence-corrected chi connectivity index (χ4v) is 3.05. The van der Waals surface area contributed by atoms with Crippen molar-refractivity contribution >= 4 is 5.91 Å². The maximum Gasteiger partial charge on any atom is 0.273 e. The van der Waals surface area contributed by atoms with Crippen LogP contribution >= 0.6 is 0 Å². The molecule has 0 bridgehead atoms. The van der Waals surface area contributed by atoms with Gasteiger partial charge in [-0.1, -0.05) is 17.3 Å². The molecule has 3 rings (SSSR count). The van der Waals surface area contributed by atoms with E-state index in [1.54, 1.807) is 6.07 Å². The number of piperidine rings is 1. The van der Waals surface area contributed by atoms with Gasteiger partial charge in [0.25, 0.3) is 5.91 Å². The highest BCUT2D eigenvalue weighted by atomic mass is 19.1. The number of hydrogen-bond acceptors (Lipinski definition) is 4. The zero-order valence-electron chi connectivity index (χ0n) is 13.8. The Morgan fingerprint density at radius 3 is 2.96 bits per heavy atom. The van der Waals surface area contributed by atoms with Crippen LogP contribution in [0.5, 0.6) is 0 Å². The zero-order chi connectivity index (χ0) is 16.9. The predicted octanol–water partition coefficient (Wildman–Crippen LogP) is 1.62. The van der Waals surface area contributed by atoms with Gasteiger partial charge in [-0.3, -0.25) is 4.79 Å². The normalized spacial score (nSPS) is 15.4. The fourth-order valence-electron chi connectivity index (χ4n) is 3.05. The highest BCUT2D eigenvalue weighted by Gasteiger charge is 2.22. The maximum atomic E-state index is 13.1. The van der Waals surface area contributed by atoms with Gasteiger partial charge in [-0.25, -0.2) is 9.07 Å². The summed E-state index contributed by atoms with van der Waals surface area (Å²) in [7, 11) is 0. The first-order valence-corrected chi connectivity index (χ1v) is 8.30. The highest BCUT2D eigenvalue weighted by molar-refractivity contribution is 5.93. The molecule has 1 saturated heterocycles. The summed E-state index contributed by atoms with van der Waals surface area (Å²) in [5.74, 6) is -0.497. The van der Waals surface area contributed by atoms with Gasteiger partial charge in [0.05, 0.1) is 11.7 Å². The lowest BCUT2D eigenvalue weighted by Gasteiger charge is -2.23. The summed E-state index contributed by atoms with van der Waals surface area (Å²) in [6.07, 6.45) is 2.56. The molecule has 0 unspecified atom stereocenters. The van der Waals surface area contributed by atoms with Crippen LogP contribution in [0.1, 0.15) is 40.6 Å². The average molecular weight is 331 g/mol. The molecule has 0 atom stereocenters. The first kappa shape index (κ1) is 16.6. The van der Waals surface area contributed by atoms with Crippen LogP contribution in [-0.2, 0) is 6.42 Å². The van der Waals surface area contributed by atoms with Crippen LogP contribution in [0.4, 0.5) is 4.39 Å². The summed E-state index contributed by atoms with van der Waals surface area (Å²) in [6, 6.07) is 6.69. The maximum absolute atomic E-state index is 13.1. The topological polar surface area (TPSA) is 71.8 Å². The van der Waals surface area contributed by atoms with Gasteiger partial charge in [-0.15, -0.1) is 5.10 Å². The zero-order valence-corrected chi connectivity index (χ0v) is 13.8. The van der Waals surface area contributed by atoms with E-state index in [0.29, 0.717) is 24.7 Å². The summed E-state index contributed by atoms with van der Waals surface area (Å²) in [4.78, 5) is 12.3. The Morgan fingerprint density at radius 1 is 1.42 bits per heavy atom. The molecule has 1 aromatic carbocycles. The third-order valence-corrected chi connectivity index (χ3v) is 4.39. The van der Waals surface area contributed by atoms with Crippen molar-refractivity contribution in [1.82, 2.24) is 25.6 Å². The molecule has 1 fully saturated rings. The number of halogens is 1. The Morgan fingerprint density at radius 2 is 2.21 bits per heavy atom. The molecule has 24 heavy (non-hydrogen) atoms. The molecular weight excluding hydrogens is 309 g/mol. The van der Waals surface area contributed by atoms with Gasteiger partial charge in [0.1, 0.15) is 5.82 Å². The van der Waals surface area contributed by atoms with Crippen LogP contribution in [0.2, 0.25) is 0 Å². The second-order valence-corrected chi connectivity index (χ2v) is 6.09. The van der Waals surface area contributed by atoms with Crippen LogP contribution in [0.15, 0.2) is 24.3 Å². The third kappa shape index (κ3) is 3.79. The van der Waals surface area contributed by atoms with Crippen molar-refractivity contribution in [3.63, 3.8) is 0 Å². The molecule has 2 heterocycles. The number of hydrogen-bond donors (Lipinski definition) is 2. The van der Waals surface area contributed by atoms with Gasteiger partial charge < -0.3 is 10.6 Å². The van der Waals surface area contributed by atoms with Crippen molar-refractivity contribution in [1.29, 1.82) is 0 Å². The molecule has 7 heteroatoms. The summed E-state index contributed by atoms with van der Waals surface area (Å²) in [6.45, 7) is 4.23. The Bertz CT molecular complexity index is 709. The van der Waals surface area contributed by atoms with Gasteiger partial charge >= 0.3 is 0 Å². The number of nitrogens with zero attached hydrogens (tertiary/aromatic N) is 3. The van der Waals surface area contributed by atoms with E-state index in [9.17, 15) is 9.18 Å². The second kappa shape index (κ2) is 7.53. The minimum Gasteiger partial charge on any atom is -0.350 e. The van der Waals surface area contributed by atoms with E-state index in [1.807, 2.05) is 17.7 Å². The molecule has 2 aromatic rings. The van der Waals surface area contributed by atoms with E-state index in [1.165, 1.54) is 12.1 Å². The molecular formula is C17H22FN5O. The minimum absolute atomic E-state index is 0.232. The van der Waals surface area contributed by atoms with Gasteiger partial charge in [0.2, 0.25) is 0 Å². The van der Waals surface area contributed by atoms with Crippen LogP contribution in [0.25, 0.3) is 0 Å². The smallest absolute Gasteiger partial charge is 0.273 e. The Labute approximate surface area is 140 Å². The van der Waals surface area contributed by atoms with Gasteiger partial charge in [0, 0.05) is 6.54 Å². The van der Waals surface area contributed by atoms with Crippen LogP contribution in [0, 0.1) is 12.7 Å². The summed E-state index contributed by atoms with van der Waals surface area (Å²) in [5, 5.41) is 14.4. The predicted molar refractivity (Wildman–Crippen MR) is 88.3 cm³/mol. The molecule has 1 aromatic heterocycles. The first-order valence-electron chi connectivity index (χ1n) is 8.30. The van der Waals surface area contributed by atoms with E-state index in [-0.39, 0.29) is 11.7 Å². The minimum atomic E-state index is -0.264. The van der Waals surface area contributed by atoms with E-state index >= 15 is 0 Å². The molecule has 0 aliphatic carbocycles. The molecule has 1 amide bonds. The van der Waals surface area contributed by atoms with Crippen molar-refractivity contribution in [2.45, 2.75) is 32.2 Å². The van der Waals surface area contributed by atoms with Crippen molar-refractivity contribution in [2.24, 2.45) is 0 Å². The van der Waals surface area contributed by atoms with E-state index < -0.39 is 0 Å². The van der Waals surface area contributed by atoms with Gasteiger partial charge in [-0.05, 0) is 57.0 Å². The lowest BCUT2D eigenvalue weighted by Crippen LogP contribution is -2.30. The van der Waals surface area contributed by atoms with Gasteiger partial charge in [0.15, 0.2) is 5.69 Å². The standard InChI is InChI=1S/C17H22FN5O/c1-12-16(21-22-23(12)15-6-8-19-9-7-15)17(24)20-10-5-13-3-2-4-14(18)11-13/h2-4,11,15,19H,5-10H2,1H3,(H,20,24). The Balaban J connectivity index is 1.58. The quantitative estimate of drug-likeness (QED) is 0.873. The molecule has 0 radical (unpaired) electrons. The monoisotopic (exact) mass is 331 g/mol. The summed E-state index contributed by atoms with van der Waals surface area (Å²) < 4.78 is 15.0. The van der Waals surface area contributed by atoms with E-state index in [2.05, 4.69) is 20.9 Å². The molecule has 128 valence electrons. The molecule has 1 aliphatic rings. The largest absolute Gasteiger partial charge is 0.350 e. The van der Waals surface area contributed by atoms with Crippen LogP contribution in [0.3, 0.4) is 0 Å². The lowest BCUT2D eigenvalue weighted by atomic mass is 10.1. The molecule has 2 N–H and O–H groups in total. The first-order chi connectivity index (χ1) is 11.6. The average Bonchev–Trinajstić information content (AvgIpc) is 2.97. The molecule has 6 nitrogen and oxygen atoms in total. The molecule has 1 aliphatic heterocycles. The number of carbonyl (C=O) groups excluding carboxylic acids is 1. The Hall–Kier alpha value is -2.28. The van der Waals surface area contributed by atoms with Crippen molar-refractivity contribution in [3.8, 4) is 0 Å². The lowest BCUT2D eigenvalue weighted by molar-refractivity contribution is 0.0948.